The van der Waals surface area contributed by atoms with Crippen LogP contribution >= 0.6 is 0 Å². The van der Waals surface area contributed by atoms with Crippen LogP contribution in [0.2, 0.25) is 0 Å². The predicted octanol–water partition coefficient (Wildman–Crippen LogP) is -0.180. The van der Waals surface area contributed by atoms with Gasteiger partial charge in [-0.25, -0.2) is 4.90 Å². The molecule has 0 aliphatic carbocycles. The Morgan fingerprint density at radius 2 is 1.83 bits per heavy atom. The third-order valence-corrected chi connectivity index (χ3v) is 1.95. The molecule has 0 aromatic rings. The summed E-state index contributed by atoms with van der Waals surface area (Å²) in [5.41, 5.74) is 0. The topological polar surface area (TPSA) is 97.8 Å². The minimum absolute atomic E-state index is 0.0728. The van der Waals surface area contributed by atoms with Gasteiger partial charge in [-0.2, -0.15) is 0 Å². The number of hydrogen-bond donors (Lipinski definition) is 0. The van der Waals surface area contributed by atoms with E-state index in [-0.39, 0.29) is 12.8 Å². The molecule has 1 aliphatic heterocycles. The molecule has 0 aromatic carbocycles. The van der Waals surface area contributed by atoms with Gasteiger partial charge in [0.15, 0.2) is 0 Å². The second kappa shape index (κ2) is 9.03. The maximum absolute atomic E-state index is 10.9. The molecule has 0 spiro atoms. The first-order valence-corrected chi connectivity index (χ1v) is 5.45. The van der Waals surface area contributed by atoms with E-state index in [9.17, 15) is 24.0 Å². The molecule has 0 N–H and O–H groups in total. The Morgan fingerprint density at radius 1 is 1.28 bits per heavy atom. The van der Waals surface area contributed by atoms with Crippen molar-refractivity contribution in [3.05, 3.63) is 0 Å². The van der Waals surface area contributed by atoms with Crippen LogP contribution in [0.25, 0.3) is 0 Å². The highest BCUT2D eigenvalue weighted by atomic mass is 16.5. The maximum Gasteiger partial charge on any atom is 0.293 e. The van der Waals surface area contributed by atoms with Gasteiger partial charge in [0.25, 0.3) is 6.47 Å². The minimum atomic E-state index is -0.725. The highest BCUT2D eigenvalue weighted by molar-refractivity contribution is 6.16. The fraction of sp³-hybridized carbons (Fsp3) is 0.545. The summed E-state index contributed by atoms with van der Waals surface area (Å²) < 4.78 is 4.30. The molecule has 1 saturated heterocycles. The van der Waals surface area contributed by atoms with Crippen molar-refractivity contribution in [2.45, 2.75) is 32.6 Å². The largest absolute Gasteiger partial charge is 0.468 e. The number of aldehydes is 1. The number of carbonyl (C=O) groups is 5. The maximum atomic E-state index is 10.9. The summed E-state index contributed by atoms with van der Waals surface area (Å²) in [6.07, 6.45) is 1.02. The average Bonchev–Trinajstić information content (AvgIpc) is 2.67. The van der Waals surface area contributed by atoms with Gasteiger partial charge >= 0.3 is 0 Å². The van der Waals surface area contributed by atoms with Crippen molar-refractivity contribution in [3.8, 4) is 0 Å². The van der Waals surface area contributed by atoms with Crippen molar-refractivity contribution in [2.24, 2.45) is 0 Å². The smallest absolute Gasteiger partial charge is 0.293 e. The van der Waals surface area contributed by atoms with E-state index >= 15 is 0 Å². The van der Waals surface area contributed by atoms with Crippen molar-refractivity contribution in [2.75, 3.05) is 6.61 Å². The molecule has 1 fully saturated rings. The molecule has 1 heterocycles. The normalized spacial score (nSPS) is 13.7. The molecule has 1 aliphatic rings. The second-order valence-electron chi connectivity index (χ2n) is 3.35. The van der Waals surface area contributed by atoms with E-state index in [2.05, 4.69) is 4.74 Å². The van der Waals surface area contributed by atoms with Crippen LogP contribution < -0.4 is 0 Å². The number of carbonyl (C=O) groups excluding carboxylic acids is 5. The van der Waals surface area contributed by atoms with Crippen LogP contribution in [0.5, 0.6) is 0 Å². The Balaban J connectivity index is 0.000000411. The summed E-state index contributed by atoms with van der Waals surface area (Å²) in [5.74, 6) is -1.74. The van der Waals surface area contributed by atoms with E-state index < -0.39 is 24.1 Å². The average molecular weight is 257 g/mol. The molecule has 0 saturated carbocycles. The standard InChI is InChI=1S/C7H7NO4.C4H8O2/c9-4-3-7(12)8-5(10)1-2-6(8)11;1-2-3-6-4-5/h4H,1-3H2;4H,2-3H2,1H3. The number of imide groups is 3. The van der Waals surface area contributed by atoms with Gasteiger partial charge in [0, 0.05) is 12.8 Å². The molecular formula is C11H15NO6. The Bertz CT molecular complexity index is 322. The van der Waals surface area contributed by atoms with Gasteiger partial charge < -0.3 is 9.53 Å². The summed E-state index contributed by atoms with van der Waals surface area (Å²) >= 11 is 0. The first-order valence-electron chi connectivity index (χ1n) is 5.45. The fourth-order valence-electron chi connectivity index (χ4n) is 1.18. The molecule has 3 amide bonds. The van der Waals surface area contributed by atoms with E-state index in [1.807, 2.05) is 6.92 Å². The number of likely N-dealkylation sites (tertiary alicyclic amines) is 1. The lowest BCUT2D eigenvalue weighted by Gasteiger charge is -2.08. The third-order valence-electron chi connectivity index (χ3n) is 1.95. The van der Waals surface area contributed by atoms with E-state index in [0.717, 1.165) is 6.42 Å². The van der Waals surface area contributed by atoms with Gasteiger partial charge in [-0.1, -0.05) is 6.92 Å². The molecule has 0 radical (unpaired) electrons. The van der Waals surface area contributed by atoms with Crippen molar-refractivity contribution in [1.82, 2.24) is 4.90 Å². The molecule has 7 nitrogen and oxygen atoms in total. The zero-order chi connectivity index (χ0) is 14.0. The summed E-state index contributed by atoms with van der Waals surface area (Å²) in [6.45, 7) is 2.95. The molecule has 0 unspecified atom stereocenters. The van der Waals surface area contributed by atoms with Crippen molar-refractivity contribution in [3.63, 3.8) is 0 Å². The Hall–Kier alpha value is -2.05. The van der Waals surface area contributed by atoms with E-state index in [4.69, 9.17) is 0 Å². The number of amides is 3. The molecule has 0 bridgehead atoms. The number of nitrogens with zero attached hydrogens (tertiary/aromatic N) is 1. The molecule has 18 heavy (non-hydrogen) atoms. The molecule has 7 heteroatoms. The summed E-state index contributed by atoms with van der Waals surface area (Å²) in [5, 5.41) is 0. The highest BCUT2D eigenvalue weighted by Crippen LogP contribution is 2.12. The zero-order valence-corrected chi connectivity index (χ0v) is 10.1. The lowest BCUT2D eigenvalue weighted by atomic mass is 10.4. The quantitative estimate of drug-likeness (QED) is 0.293. The Kier molecular flexibility index (Phi) is 8.00. The fourth-order valence-corrected chi connectivity index (χ4v) is 1.18. The van der Waals surface area contributed by atoms with Crippen LogP contribution in [0.15, 0.2) is 0 Å². The SMILES string of the molecule is CCCOC=O.O=CCC(=O)N1C(=O)CCC1=O. The summed E-state index contributed by atoms with van der Waals surface area (Å²) in [4.78, 5) is 52.5. The number of hydrogen-bond acceptors (Lipinski definition) is 6. The predicted molar refractivity (Wildman–Crippen MR) is 59.1 cm³/mol. The van der Waals surface area contributed by atoms with Crippen LogP contribution in [-0.2, 0) is 28.7 Å². The Labute approximate surface area is 104 Å². The Morgan fingerprint density at radius 3 is 2.17 bits per heavy atom. The van der Waals surface area contributed by atoms with Crippen molar-refractivity contribution in [1.29, 1.82) is 0 Å². The highest BCUT2D eigenvalue weighted by Gasteiger charge is 2.33. The number of rotatable bonds is 5. The van der Waals surface area contributed by atoms with E-state index in [1.54, 1.807) is 0 Å². The summed E-state index contributed by atoms with van der Waals surface area (Å²) in [6, 6.07) is 0. The van der Waals surface area contributed by atoms with Gasteiger partial charge in [-0.15, -0.1) is 0 Å². The van der Waals surface area contributed by atoms with Crippen LogP contribution in [0, 0.1) is 0 Å². The third kappa shape index (κ3) is 5.33. The molecule has 0 atom stereocenters. The van der Waals surface area contributed by atoms with Gasteiger partial charge in [0.05, 0.1) is 13.0 Å². The first kappa shape index (κ1) is 16.0. The van der Waals surface area contributed by atoms with Crippen molar-refractivity contribution < 1.29 is 28.7 Å². The monoisotopic (exact) mass is 257 g/mol. The number of ether oxygens (including phenoxy) is 1. The van der Waals surface area contributed by atoms with Crippen LogP contribution in [0.3, 0.4) is 0 Å². The first-order chi connectivity index (χ1) is 8.58. The van der Waals surface area contributed by atoms with Gasteiger partial charge in [0.2, 0.25) is 17.7 Å². The van der Waals surface area contributed by atoms with Crippen LogP contribution in [0.1, 0.15) is 32.6 Å². The zero-order valence-electron chi connectivity index (χ0n) is 10.1. The van der Waals surface area contributed by atoms with E-state index in [0.29, 0.717) is 24.3 Å². The van der Waals surface area contributed by atoms with Gasteiger partial charge in [-0.3, -0.25) is 19.2 Å². The van der Waals surface area contributed by atoms with Crippen LogP contribution in [0.4, 0.5) is 0 Å². The van der Waals surface area contributed by atoms with Gasteiger partial charge in [0.1, 0.15) is 6.29 Å². The van der Waals surface area contributed by atoms with Crippen LogP contribution in [-0.4, -0.2) is 42.0 Å². The summed E-state index contributed by atoms with van der Waals surface area (Å²) in [7, 11) is 0. The molecule has 100 valence electrons. The lowest BCUT2D eigenvalue weighted by molar-refractivity contribution is -0.149. The molecule has 0 aromatic heterocycles. The molecule has 1 rings (SSSR count). The van der Waals surface area contributed by atoms with Gasteiger partial charge in [-0.05, 0) is 6.42 Å². The van der Waals surface area contributed by atoms with Crippen molar-refractivity contribution >= 4 is 30.5 Å². The molecular weight excluding hydrogens is 242 g/mol. The minimum Gasteiger partial charge on any atom is -0.468 e. The van der Waals surface area contributed by atoms with E-state index in [1.165, 1.54) is 0 Å². The second-order valence-corrected chi connectivity index (χ2v) is 3.35. The lowest BCUT2D eigenvalue weighted by Crippen LogP contribution is -2.35.